The number of benzene rings is 1. The zero-order valence-corrected chi connectivity index (χ0v) is 21.2. The Morgan fingerprint density at radius 2 is 1.74 bits per heavy atom. The van der Waals surface area contributed by atoms with Crippen molar-refractivity contribution in [1.82, 2.24) is 20.1 Å². The van der Waals surface area contributed by atoms with Gasteiger partial charge < -0.3 is 19.4 Å². The number of carbonyl (C=O) groups is 2. The number of aryl methyl sites for hydroxylation is 2. The summed E-state index contributed by atoms with van der Waals surface area (Å²) in [7, 11) is 0. The molecule has 2 saturated heterocycles. The van der Waals surface area contributed by atoms with Crippen molar-refractivity contribution >= 4 is 12.0 Å². The molecule has 8 nitrogen and oxygen atoms in total. The normalized spacial score (nSPS) is 18.0. The second-order valence-electron chi connectivity index (χ2n) is 9.59. The van der Waals surface area contributed by atoms with Gasteiger partial charge in [0.2, 0.25) is 11.8 Å². The molecule has 1 aromatic heterocycles. The summed E-state index contributed by atoms with van der Waals surface area (Å²) in [5.74, 6) is 1.71. The first-order valence-electron chi connectivity index (χ1n) is 13.0. The average Bonchev–Trinajstić information content (AvgIpc) is 3.25. The standard InChI is InChI=1S/C27H38N4O4/c1-4-20-6-8-22(9-7-20)26-29-24(19(3)35-26)18-30-14-10-21(11-15-30)25(32)28-23-12-16-31(17-13-23)27(33)34-5-2/h6-9,21,23H,4-5,10-18H2,1-3H3,(H,28,32). The van der Waals surface area contributed by atoms with E-state index in [2.05, 4.69) is 41.4 Å². The van der Waals surface area contributed by atoms with Crippen molar-refractivity contribution in [2.24, 2.45) is 5.92 Å². The smallest absolute Gasteiger partial charge is 0.409 e. The number of ether oxygens (including phenoxy) is 1. The molecule has 3 heterocycles. The van der Waals surface area contributed by atoms with Crippen molar-refractivity contribution < 1.29 is 18.7 Å². The van der Waals surface area contributed by atoms with E-state index in [-0.39, 0.29) is 24.0 Å². The second kappa shape index (κ2) is 11.7. The Balaban J connectivity index is 1.22. The van der Waals surface area contributed by atoms with E-state index in [9.17, 15) is 9.59 Å². The van der Waals surface area contributed by atoms with Gasteiger partial charge in [-0.2, -0.15) is 0 Å². The first-order chi connectivity index (χ1) is 17.0. The van der Waals surface area contributed by atoms with Crippen molar-refractivity contribution in [1.29, 1.82) is 0 Å². The lowest BCUT2D eigenvalue weighted by atomic mass is 9.94. The van der Waals surface area contributed by atoms with Crippen LogP contribution < -0.4 is 5.32 Å². The third kappa shape index (κ3) is 6.42. The van der Waals surface area contributed by atoms with Crippen molar-refractivity contribution in [3.63, 3.8) is 0 Å². The number of likely N-dealkylation sites (tertiary alicyclic amines) is 2. The molecule has 190 valence electrons. The number of aromatic nitrogens is 1. The number of amides is 2. The molecular formula is C27H38N4O4. The van der Waals surface area contributed by atoms with Crippen molar-refractivity contribution in [2.75, 3.05) is 32.8 Å². The van der Waals surface area contributed by atoms with E-state index in [1.807, 2.05) is 13.8 Å². The number of rotatable bonds is 7. The largest absolute Gasteiger partial charge is 0.450 e. The third-order valence-electron chi connectivity index (χ3n) is 7.20. The molecule has 0 bridgehead atoms. The molecule has 8 heteroatoms. The minimum atomic E-state index is -0.256. The number of piperidine rings is 2. The molecule has 0 atom stereocenters. The van der Waals surface area contributed by atoms with Crippen LogP contribution in [0.2, 0.25) is 0 Å². The Morgan fingerprint density at radius 1 is 1.06 bits per heavy atom. The topological polar surface area (TPSA) is 87.9 Å². The molecule has 1 aromatic carbocycles. The van der Waals surface area contributed by atoms with Crippen LogP contribution in [0.15, 0.2) is 28.7 Å². The molecular weight excluding hydrogens is 444 g/mol. The van der Waals surface area contributed by atoms with Gasteiger partial charge in [-0.15, -0.1) is 0 Å². The predicted octanol–water partition coefficient (Wildman–Crippen LogP) is 4.16. The van der Waals surface area contributed by atoms with Crippen LogP contribution in [0.4, 0.5) is 4.79 Å². The molecule has 2 aliphatic heterocycles. The molecule has 35 heavy (non-hydrogen) atoms. The van der Waals surface area contributed by atoms with E-state index in [0.29, 0.717) is 25.6 Å². The molecule has 0 saturated carbocycles. The van der Waals surface area contributed by atoms with E-state index in [4.69, 9.17) is 14.1 Å². The minimum Gasteiger partial charge on any atom is -0.450 e. The van der Waals surface area contributed by atoms with Crippen LogP contribution in [0.1, 0.15) is 56.5 Å². The molecule has 2 amide bonds. The Labute approximate surface area is 208 Å². The highest BCUT2D eigenvalue weighted by Crippen LogP contribution is 2.25. The third-order valence-corrected chi connectivity index (χ3v) is 7.20. The van der Waals surface area contributed by atoms with Crippen LogP contribution in [0.5, 0.6) is 0 Å². The molecule has 0 unspecified atom stereocenters. The number of hydrogen-bond donors (Lipinski definition) is 1. The molecule has 0 spiro atoms. The molecule has 1 N–H and O–H groups in total. The molecule has 2 aromatic rings. The number of nitrogens with zero attached hydrogens (tertiary/aromatic N) is 3. The van der Waals surface area contributed by atoms with Crippen LogP contribution >= 0.6 is 0 Å². The van der Waals surface area contributed by atoms with Crippen molar-refractivity contribution in [3.8, 4) is 11.5 Å². The zero-order chi connectivity index (χ0) is 24.8. The summed E-state index contributed by atoms with van der Waals surface area (Å²) < 4.78 is 11.0. The summed E-state index contributed by atoms with van der Waals surface area (Å²) in [4.78, 5) is 33.6. The molecule has 0 radical (unpaired) electrons. The SMILES string of the molecule is CCOC(=O)N1CCC(NC(=O)C2CCN(Cc3nc(-c4ccc(CC)cc4)oc3C)CC2)CC1. The summed E-state index contributed by atoms with van der Waals surface area (Å²) >= 11 is 0. The highest BCUT2D eigenvalue weighted by Gasteiger charge is 2.29. The summed E-state index contributed by atoms with van der Waals surface area (Å²) in [6, 6.07) is 8.51. The Bertz CT molecular complexity index is 987. The Kier molecular flexibility index (Phi) is 8.44. The molecule has 4 rings (SSSR count). The van der Waals surface area contributed by atoms with Gasteiger partial charge >= 0.3 is 6.09 Å². The first kappa shape index (κ1) is 25.2. The fourth-order valence-electron chi connectivity index (χ4n) is 4.89. The minimum absolute atomic E-state index is 0.0420. The van der Waals surface area contributed by atoms with Crippen LogP contribution in [0, 0.1) is 12.8 Å². The molecule has 0 aliphatic carbocycles. The zero-order valence-electron chi connectivity index (χ0n) is 21.2. The van der Waals surface area contributed by atoms with E-state index in [0.717, 1.165) is 68.8 Å². The van der Waals surface area contributed by atoms with Gasteiger partial charge in [0, 0.05) is 37.2 Å². The van der Waals surface area contributed by atoms with E-state index >= 15 is 0 Å². The lowest BCUT2D eigenvalue weighted by molar-refractivity contribution is -0.127. The van der Waals surface area contributed by atoms with Gasteiger partial charge in [0.25, 0.3) is 0 Å². The maximum absolute atomic E-state index is 12.8. The van der Waals surface area contributed by atoms with Gasteiger partial charge in [0.05, 0.1) is 12.3 Å². The summed E-state index contributed by atoms with van der Waals surface area (Å²) in [5.41, 5.74) is 3.27. The van der Waals surface area contributed by atoms with Crippen LogP contribution in [0.25, 0.3) is 11.5 Å². The first-order valence-corrected chi connectivity index (χ1v) is 13.0. The van der Waals surface area contributed by atoms with E-state index in [1.54, 1.807) is 4.90 Å². The quantitative estimate of drug-likeness (QED) is 0.638. The van der Waals surface area contributed by atoms with Crippen molar-refractivity contribution in [2.45, 2.75) is 65.5 Å². The van der Waals surface area contributed by atoms with E-state index < -0.39 is 0 Å². The maximum atomic E-state index is 12.8. The van der Waals surface area contributed by atoms with Crippen LogP contribution in [0.3, 0.4) is 0 Å². The highest BCUT2D eigenvalue weighted by molar-refractivity contribution is 5.79. The summed E-state index contributed by atoms with van der Waals surface area (Å²) in [5, 5.41) is 3.22. The lowest BCUT2D eigenvalue weighted by Gasteiger charge is -2.34. The number of nitrogens with one attached hydrogen (secondary N) is 1. The fraction of sp³-hybridized carbons (Fsp3) is 0.593. The summed E-state index contributed by atoms with van der Waals surface area (Å²) in [6.07, 6.45) is 4.00. The van der Waals surface area contributed by atoms with Crippen LogP contribution in [-0.4, -0.2) is 65.6 Å². The predicted molar refractivity (Wildman–Crippen MR) is 134 cm³/mol. The number of hydrogen-bond acceptors (Lipinski definition) is 6. The van der Waals surface area contributed by atoms with Gasteiger partial charge in [0.15, 0.2) is 0 Å². The maximum Gasteiger partial charge on any atom is 0.409 e. The molecule has 2 aliphatic rings. The van der Waals surface area contributed by atoms with Gasteiger partial charge in [-0.25, -0.2) is 9.78 Å². The van der Waals surface area contributed by atoms with Gasteiger partial charge in [-0.05, 0) is 76.7 Å². The number of oxazole rings is 1. The van der Waals surface area contributed by atoms with Gasteiger partial charge in [-0.3, -0.25) is 9.69 Å². The number of carbonyl (C=O) groups excluding carboxylic acids is 2. The monoisotopic (exact) mass is 482 g/mol. The van der Waals surface area contributed by atoms with Crippen molar-refractivity contribution in [3.05, 3.63) is 41.3 Å². The fourth-order valence-corrected chi connectivity index (χ4v) is 4.89. The second-order valence-corrected chi connectivity index (χ2v) is 9.59. The van der Waals surface area contributed by atoms with Gasteiger partial charge in [-0.1, -0.05) is 19.1 Å². The Hall–Kier alpha value is -2.87. The van der Waals surface area contributed by atoms with E-state index in [1.165, 1.54) is 5.56 Å². The van der Waals surface area contributed by atoms with Crippen LogP contribution in [-0.2, 0) is 22.5 Å². The highest BCUT2D eigenvalue weighted by atomic mass is 16.6. The summed E-state index contributed by atoms with van der Waals surface area (Å²) in [6.45, 7) is 10.0. The van der Waals surface area contributed by atoms with Gasteiger partial charge in [0.1, 0.15) is 5.76 Å². The molecule has 2 fully saturated rings. The average molecular weight is 483 g/mol. The Morgan fingerprint density at radius 3 is 2.37 bits per heavy atom. The lowest BCUT2D eigenvalue weighted by Crippen LogP contribution is -2.49.